The number of anilines is 1. The summed E-state index contributed by atoms with van der Waals surface area (Å²) in [6.07, 6.45) is 0. The van der Waals surface area contributed by atoms with Crippen LogP contribution in [0, 0.1) is 20.8 Å². The van der Waals surface area contributed by atoms with E-state index in [0.717, 1.165) is 16.9 Å². The Hall–Kier alpha value is -3.49. The Kier molecular flexibility index (Phi) is 6.24. The number of hydrogen-bond acceptors (Lipinski definition) is 6. The van der Waals surface area contributed by atoms with Gasteiger partial charge in [-0.1, -0.05) is 12.1 Å². The summed E-state index contributed by atoms with van der Waals surface area (Å²) < 4.78 is 5.51. The number of tetrazole rings is 1. The maximum Gasteiger partial charge on any atom is 0.251 e. The summed E-state index contributed by atoms with van der Waals surface area (Å²) in [4.78, 5) is 28.5. The van der Waals surface area contributed by atoms with Crippen molar-refractivity contribution < 1.29 is 14.0 Å². The lowest BCUT2D eigenvalue weighted by atomic mass is 10.1. The van der Waals surface area contributed by atoms with Crippen molar-refractivity contribution in [1.82, 2.24) is 25.5 Å². The first kappa shape index (κ1) is 22.2. The molecule has 0 saturated carbocycles. The first-order valence-corrected chi connectivity index (χ1v) is 10.1. The van der Waals surface area contributed by atoms with E-state index in [0.29, 0.717) is 17.3 Å². The summed E-state index contributed by atoms with van der Waals surface area (Å²) in [7, 11) is 0. The van der Waals surface area contributed by atoms with Gasteiger partial charge < -0.3 is 14.6 Å². The van der Waals surface area contributed by atoms with E-state index in [9.17, 15) is 9.59 Å². The minimum Gasteiger partial charge on any atom is -0.458 e. The molecule has 9 nitrogen and oxygen atoms in total. The fourth-order valence-corrected chi connectivity index (χ4v) is 3.11. The smallest absolute Gasteiger partial charge is 0.251 e. The van der Waals surface area contributed by atoms with Crippen LogP contribution in [-0.2, 0) is 16.1 Å². The molecule has 0 aliphatic rings. The highest BCUT2D eigenvalue weighted by atomic mass is 16.3. The Balaban J connectivity index is 1.84. The van der Waals surface area contributed by atoms with Crippen LogP contribution in [0.25, 0.3) is 11.6 Å². The van der Waals surface area contributed by atoms with Crippen LogP contribution in [0.4, 0.5) is 5.69 Å². The number of hydrogen-bond donors (Lipinski definition) is 1. The SMILES string of the molecule is Cc1ccc(-c2nnn(CC(=O)N(CC(=O)NC(C)(C)C)c3cccc(C)c3C)n2)o1. The molecule has 0 bridgehead atoms. The number of amides is 2. The predicted octanol–water partition coefficient (Wildman–Crippen LogP) is 2.81. The average molecular weight is 425 g/mol. The minimum atomic E-state index is -0.406. The molecule has 0 saturated heterocycles. The summed E-state index contributed by atoms with van der Waals surface area (Å²) in [6, 6.07) is 9.21. The van der Waals surface area contributed by atoms with Crippen LogP contribution in [0.3, 0.4) is 0 Å². The molecule has 0 fully saturated rings. The average Bonchev–Trinajstić information content (AvgIpc) is 3.29. The number of benzene rings is 1. The van der Waals surface area contributed by atoms with Gasteiger partial charge in [-0.2, -0.15) is 4.80 Å². The zero-order valence-electron chi connectivity index (χ0n) is 18.8. The molecule has 3 aromatic rings. The number of carbonyl (C=O) groups is 2. The van der Waals surface area contributed by atoms with Crippen molar-refractivity contribution in [3.8, 4) is 11.6 Å². The maximum atomic E-state index is 13.2. The summed E-state index contributed by atoms with van der Waals surface area (Å²) in [5.41, 5.74) is 2.23. The standard InChI is InChI=1S/C22H28N6O3/c1-14-8-7-9-17(16(14)3)27(12-19(29)23-22(4,5)6)20(30)13-28-25-21(24-26-28)18-11-10-15(2)31-18/h7-11H,12-13H2,1-6H3,(H,23,29). The summed E-state index contributed by atoms with van der Waals surface area (Å²) in [5.74, 6) is 0.933. The predicted molar refractivity (Wildman–Crippen MR) is 116 cm³/mol. The molecular weight excluding hydrogens is 396 g/mol. The van der Waals surface area contributed by atoms with Crippen molar-refractivity contribution in [3.63, 3.8) is 0 Å². The Morgan fingerprint density at radius 3 is 2.52 bits per heavy atom. The molecule has 2 amide bonds. The Labute approximate surface area is 181 Å². The van der Waals surface area contributed by atoms with Crippen molar-refractivity contribution in [1.29, 1.82) is 0 Å². The molecule has 164 valence electrons. The van der Waals surface area contributed by atoms with E-state index in [2.05, 4.69) is 20.7 Å². The second-order valence-electron chi connectivity index (χ2n) is 8.55. The normalized spacial score (nSPS) is 11.4. The highest BCUT2D eigenvalue weighted by molar-refractivity contribution is 5.99. The van der Waals surface area contributed by atoms with Crippen LogP contribution >= 0.6 is 0 Å². The van der Waals surface area contributed by atoms with E-state index >= 15 is 0 Å². The first-order chi connectivity index (χ1) is 14.5. The third kappa shape index (κ3) is 5.56. The molecule has 31 heavy (non-hydrogen) atoms. The fourth-order valence-electron chi connectivity index (χ4n) is 3.11. The van der Waals surface area contributed by atoms with Crippen LogP contribution in [-0.4, -0.2) is 44.1 Å². The lowest BCUT2D eigenvalue weighted by molar-refractivity contribution is -0.125. The van der Waals surface area contributed by atoms with Gasteiger partial charge in [-0.05, 0) is 76.1 Å². The topological polar surface area (TPSA) is 106 Å². The number of nitrogens with zero attached hydrogens (tertiary/aromatic N) is 5. The molecule has 2 heterocycles. The van der Waals surface area contributed by atoms with Crippen molar-refractivity contribution in [2.45, 2.75) is 53.6 Å². The number of aryl methyl sites for hydroxylation is 2. The molecule has 0 radical (unpaired) electrons. The van der Waals surface area contributed by atoms with Gasteiger partial charge in [0.25, 0.3) is 5.91 Å². The third-order valence-corrected chi connectivity index (χ3v) is 4.67. The maximum absolute atomic E-state index is 13.2. The van der Waals surface area contributed by atoms with E-state index in [1.165, 1.54) is 9.70 Å². The molecule has 0 spiro atoms. The number of aromatic nitrogens is 4. The van der Waals surface area contributed by atoms with Crippen LogP contribution in [0.5, 0.6) is 0 Å². The number of furan rings is 1. The van der Waals surface area contributed by atoms with Crippen LogP contribution in [0.1, 0.15) is 37.7 Å². The van der Waals surface area contributed by atoms with Crippen molar-refractivity contribution >= 4 is 17.5 Å². The van der Waals surface area contributed by atoms with Gasteiger partial charge in [0, 0.05) is 11.2 Å². The van der Waals surface area contributed by atoms with Gasteiger partial charge in [-0.25, -0.2) is 0 Å². The quantitative estimate of drug-likeness (QED) is 0.652. The Morgan fingerprint density at radius 2 is 1.87 bits per heavy atom. The molecule has 9 heteroatoms. The van der Waals surface area contributed by atoms with Gasteiger partial charge in [0.2, 0.25) is 11.7 Å². The molecule has 1 aromatic carbocycles. The molecule has 1 N–H and O–H groups in total. The lowest BCUT2D eigenvalue weighted by Gasteiger charge is -2.27. The lowest BCUT2D eigenvalue weighted by Crippen LogP contribution is -2.48. The zero-order valence-corrected chi connectivity index (χ0v) is 18.8. The Morgan fingerprint density at radius 1 is 1.13 bits per heavy atom. The second kappa shape index (κ2) is 8.71. The van der Waals surface area contributed by atoms with Crippen molar-refractivity contribution in [2.24, 2.45) is 0 Å². The first-order valence-electron chi connectivity index (χ1n) is 10.1. The van der Waals surface area contributed by atoms with Gasteiger partial charge in [-0.15, -0.1) is 10.2 Å². The minimum absolute atomic E-state index is 0.112. The molecule has 0 atom stereocenters. The fraction of sp³-hybridized carbons (Fsp3) is 0.409. The van der Waals surface area contributed by atoms with Gasteiger partial charge in [0.05, 0.1) is 0 Å². The van der Waals surface area contributed by atoms with Crippen LogP contribution in [0.2, 0.25) is 0 Å². The number of nitrogens with one attached hydrogen (secondary N) is 1. The monoisotopic (exact) mass is 424 g/mol. The molecule has 0 unspecified atom stereocenters. The summed E-state index contributed by atoms with van der Waals surface area (Å²) >= 11 is 0. The van der Waals surface area contributed by atoms with Gasteiger partial charge in [0.15, 0.2) is 5.76 Å². The molecule has 2 aromatic heterocycles. The van der Waals surface area contributed by atoms with Gasteiger partial charge in [0.1, 0.15) is 18.8 Å². The Bertz CT molecular complexity index is 1090. The van der Waals surface area contributed by atoms with Crippen LogP contribution in [0.15, 0.2) is 34.7 Å². The van der Waals surface area contributed by atoms with E-state index in [-0.39, 0.29) is 24.9 Å². The van der Waals surface area contributed by atoms with E-state index in [1.54, 1.807) is 12.1 Å². The summed E-state index contributed by atoms with van der Waals surface area (Å²) in [5, 5.41) is 15.1. The molecular formula is C22H28N6O3. The summed E-state index contributed by atoms with van der Waals surface area (Å²) in [6.45, 7) is 11.1. The number of rotatable bonds is 6. The van der Waals surface area contributed by atoms with Gasteiger partial charge >= 0.3 is 0 Å². The molecule has 0 aliphatic heterocycles. The highest BCUT2D eigenvalue weighted by Gasteiger charge is 2.24. The van der Waals surface area contributed by atoms with E-state index in [1.807, 2.05) is 59.7 Å². The molecule has 0 aliphatic carbocycles. The van der Waals surface area contributed by atoms with Crippen LogP contribution < -0.4 is 10.2 Å². The zero-order chi connectivity index (χ0) is 22.8. The van der Waals surface area contributed by atoms with Gasteiger partial charge in [-0.3, -0.25) is 9.59 Å². The molecule has 3 rings (SSSR count). The van der Waals surface area contributed by atoms with Crippen molar-refractivity contribution in [2.75, 3.05) is 11.4 Å². The van der Waals surface area contributed by atoms with E-state index in [4.69, 9.17) is 4.42 Å². The highest BCUT2D eigenvalue weighted by Crippen LogP contribution is 2.23. The van der Waals surface area contributed by atoms with Crippen molar-refractivity contribution in [3.05, 3.63) is 47.2 Å². The number of carbonyl (C=O) groups excluding carboxylic acids is 2. The largest absolute Gasteiger partial charge is 0.458 e. The second-order valence-corrected chi connectivity index (χ2v) is 8.55. The van der Waals surface area contributed by atoms with E-state index < -0.39 is 5.54 Å². The third-order valence-electron chi connectivity index (χ3n) is 4.67.